The second kappa shape index (κ2) is 31.2. The van der Waals surface area contributed by atoms with Gasteiger partial charge >= 0.3 is 0 Å². The molecule has 0 saturated heterocycles. The fourth-order valence-corrected chi connectivity index (χ4v) is 21.6. The van der Waals surface area contributed by atoms with Gasteiger partial charge in [0, 0.05) is 83.5 Å². The molecule has 0 radical (unpaired) electrons. The van der Waals surface area contributed by atoms with Gasteiger partial charge in [0.25, 0.3) is 57.0 Å². The Hall–Kier alpha value is -10.5. The Labute approximate surface area is 674 Å². The number of imide groups is 2. The molecular weight excluding hydrogens is 1440 g/mol. The number of hydrogen-bond acceptors (Lipinski definition) is 10. The molecule has 15 heteroatoms. The average molecular weight is 1550 g/mol. The van der Waals surface area contributed by atoms with E-state index in [9.17, 15) is 9.59 Å². The van der Waals surface area contributed by atoms with Crippen molar-refractivity contribution < 1.29 is 19.2 Å². The van der Waals surface area contributed by atoms with Crippen LogP contribution in [0.25, 0.3) is 135 Å². The first-order valence-corrected chi connectivity index (χ1v) is 44.1. The van der Waals surface area contributed by atoms with Gasteiger partial charge in [0.15, 0.2) is 0 Å². The average Bonchev–Trinajstić information content (AvgIpc) is 1.07. The van der Waals surface area contributed by atoms with Crippen molar-refractivity contribution in [3.05, 3.63) is 192 Å². The highest BCUT2D eigenvalue weighted by molar-refractivity contribution is 6.49. The molecule has 5 heterocycles. The summed E-state index contributed by atoms with van der Waals surface area (Å²) in [6.45, 7) is 20.2. The highest BCUT2D eigenvalue weighted by atomic mass is 16.2. The lowest BCUT2D eigenvalue weighted by atomic mass is 9.81. The van der Waals surface area contributed by atoms with Gasteiger partial charge in [0.2, 0.25) is 0 Å². The molecule has 0 atom stereocenters. The number of pyridine rings is 2. The summed E-state index contributed by atoms with van der Waals surface area (Å²) in [5, 5.41) is 12.4. The lowest BCUT2D eigenvalue weighted by Crippen LogP contribution is -2.47. The van der Waals surface area contributed by atoms with E-state index >= 15 is 38.4 Å². The number of hydrogen-bond donors (Lipinski definition) is 0. The third-order valence-corrected chi connectivity index (χ3v) is 27.6. The molecule has 2 aliphatic heterocycles. The normalized spacial score (nSPS) is 13.7. The zero-order chi connectivity index (χ0) is 81.1. The first kappa shape index (κ1) is 78.0. The molecule has 0 spiro atoms. The largest absolute Gasteiger partial charge is 0.271 e. The second-order valence-corrected chi connectivity index (χ2v) is 34.5. The first-order valence-electron chi connectivity index (χ1n) is 44.1. The minimum atomic E-state index is -0.665. The Kier molecular flexibility index (Phi) is 20.9. The molecule has 0 saturated carbocycles. The van der Waals surface area contributed by atoms with Crippen LogP contribution in [0.2, 0.25) is 0 Å². The number of nitrogens with zero attached hydrogens (tertiary/aromatic N) is 5. The van der Waals surface area contributed by atoms with Crippen molar-refractivity contribution in [2.45, 2.75) is 280 Å². The van der Waals surface area contributed by atoms with Crippen LogP contribution in [0.15, 0.2) is 114 Å². The molecule has 3 aromatic heterocycles. The molecule has 17 rings (SSSR count). The minimum Gasteiger partial charge on any atom is -0.271 e. The summed E-state index contributed by atoms with van der Waals surface area (Å²) in [6.07, 6.45) is 27.9. The zero-order valence-electron chi connectivity index (χ0n) is 69.3. The highest BCUT2D eigenvalue weighted by Crippen LogP contribution is 2.53. The zero-order valence-corrected chi connectivity index (χ0v) is 69.3. The number of rotatable bonds is 35. The van der Waals surface area contributed by atoms with Gasteiger partial charge in [-0.2, -0.15) is 0 Å². The standard InChI is InChI=1S/C101H107N5O10/c1-11-17-23-29-35-59(36-30-24-18-12-2)102-92(107)68-47-41-62-64-43-49-70-81-71(50-44-65(79(64)81)63-42-48-69(93(102)108)80(68)78(62)63)97(112)105(96(70)111)90-55(7)57(9)91(58(10)56(90)8)106-100(115)88-74-53-76-82-72(94(109)103(98(76)113)60(37-31-25-19-13-3)38-32-26-20-14-4)51-45-66-67-46-52-73-83-77(54-75(89(88)101(106)116)87(85(67)83)86(74)84(66)82)99(114)104(95(73)110)61(39-33-27-21-15-5)40-34-28-22-16-6/h41-54,59-61H,11-40H2,1-10H3. The fraction of sp³-hybridized carbons (Fsp3) is 0.426. The van der Waals surface area contributed by atoms with Crippen LogP contribution in [0.5, 0.6) is 0 Å². The van der Waals surface area contributed by atoms with Crippen molar-refractivity contribution in [3.8, 4) is 5.69 Å². The number of amides is 4. The van der Waals surface area contributed by atoms with E-state index in [0.717, 1.165) is 199 Å². The summed E-state index contributed by atoms with van der Waals surface area (Å²) >= 11 is 0. The number of carbonyl (C=O) groups is 4. The maximum Gasteiger partial charge on any atom is 0.266 e. The molecule has 0 aliphatic carbocycles. The van der Waals surface area contributed by atoms with Crippen molar-refractivity contribution in [2.75, 3.05) is 4.90 Å². The summed E-state index contributed by atoms with van der Waals surface area (Å²) in [5.74, 6) is -1.66. The Morgan fingerprint density at radius 2 is 0.491 bits per heavy atom. The summed E-state index contributed by atoms with van der Waals surface area (Å²) in [4.78, 5) is 161. The van der Waals surface area contributed by atoms with E-state index in [1.54, 1.807) is 56.9 Å². The quantitative estimate of drug-likeness (QED) is 0.0160. The minimum absolute atomic E-state index is 0.0453. The monoisotopic (exact) mass is 1550 g/mol. The second-order valence-electron chi connectivity index (χ2n) is 34.5. The molecule has 0 unspecified atom stereocenters. The van der Waals surface area contributed by atoms with Crippen LogP contribution in [0.3, 0.4) is 0 Å². The van der Waals surface area contributed by atoms with Gasteiger partial charge in [-0.25, -0.2) is 9.47 Å². The van der Waals surface area contributed by atoms with Crippen molar-refractivity contribution in [2.24, 2.45) is 0 Å². The van der Waals surface area contributed by atoms with Crippen LogP contribution >= 0.6 is 0 Å². The number of carbonyl (C=O) groups excluding carboxylic acids is 4. The maximum absolute atomic E-state index is 16.8. The van der Waals surface area contributed by atoms with E-state index < -0.39 is 34.1 Å². The maximum atomic E-state index is 16.8. The molecule has 15 aromatic rings. The van der Waals surface area contributed by atoms with E-state index in [1.165, 1.54) is 18.6 Å². The van der Waals surface area contributed by atoms with Crippen LogP contribution in [-0.2, 0) is 0 Å². The molecule has 596 valence electrons. The summed E-state index contributed by atoms with van der Waals surface area (Å²) < 4.78 is 4.19. The Morgan fingerprint density at radius 1 is 0.233 bits per heavy atom. The molecule has 0 bridgehead atoms. The van der Waals surface area contributed by atoms with Crippen LogP contribution < -0.4 is 38.3 Å². The van der Waals surface area contributed by atoms with Gasteiger partial charge in [0.1, 0.15) is 0 Å². The van der Waals surface area contributed by atoms with Gasteiger partial charge < -0.3 is 0 Å². The summed E-state index contributed by atoms with van der Waals surface area (Å²) in [6, 6.07) is 25.0. The summed E-state index contributed by atoms with van der Waals surface area (Å²) in [5.41, 5.74) is 1.06. The molecular formula is C101H107N5O10. The van der Waals surface area contributed by atoms with Gasteiger partial charge in [-0.05, 0) is 212 Å². The number of fused-ring (bicyclic) bond motifs is 6. The lowest BCUT2D eigenvalue weighted by molar-refractivity contribution is 0.0516. The van der Waals surface area contributed by atoms with Crippen molar-refractivity contribution >= 4 is 159 Å². The van der Waals surface area contributed by atoms with Crippen LogP contribution in [0.4, 0.5) is 5.69 Å². The smallest absolute Gasteiger partial charge is 0.266 e. The third-order valence-electron chi connectivity index (χ3n) is 27.6. The fourth-order valence-electron chi connectivity index (χ4n) is 21.6. The van der Waals surface area contributed by atoms with E-state index in [1.807, 2.05) is 60.7 Å². The van der Waals surface area contributed by atoms with E-state index in [-0.39, 0.29) is 68.3 Å². The molecule has 15 nitrogen and oxygen atoms in total. The van der Waals surface area contributed by atoms with E-state index in [0.29, 0.717) is 151 Å². The molecule has 2 aliphatic rings. The number of unbranched alkanes of at least 4 members (excludes halogenated alkanes) is 18. The molecule has 12 aromatic carbocycles. The third kappa shape index (κ3) is 11.8. The topological polar surface area (TPSA) is 192 Å². The predicted octanol–water partition coefficient (Wildman–Crippen LogP) is 23.6. The van der Waals surface area contributed by atoms with Crippen LogP contribution in [-0.4, -0.2) is 48.3 Å². The van der Waals surface area contributed by atoms with Crippen molar-refractivity contribution in [1.82, 2.24) is 18.6 Å². The number of benzene rings is 12. The van der Waals surface area contributed by atoms with E-state index in [2.05, 4.69) is 41.5 Å². The SMILES string of the molecule is CCCCCCC(CCCCCC)N1C(=O)c2ccc3c4ccc5c6c(ccc(c7ccc(c2c37)C1=O)c64)C(=O)N(c1c(C)c(C)c(-n2c(=O)c3c4cc6c(=O)n(C(CCCCCC)CCCCCC)c(=O)c7ccc8c9ccc%10c(=O)n(C(CCCCCC)CCCCCC)c(=O)c%11cc(c3c2=O)c(c9c%10%11)c4c8c76)c(C)c1C)C5=O. The predicted molar refractivity (Wildman–Crippen MR) is 478 cm³/mol. The van der Waals surface area contributed by atoms with Crippen LogP contribution in [0.1, 0.15) is 310 Å². The first-order chi connectivity index (χ1) is 56.3. The molecule has 4 amide bonds. The van der Waals surface area contributed by atoms with Gasteiger partial charge in [-0.3, -0.25) is 62.0 Å². The Morgan fingerprint density at radius 3 is 0.819 bits per heavy atom. The van der Waals surface area contributed by atoms with E-state index in [4.69, 9.17) is 0 Å². The molecule has 116 heavy (non-hydrogen) atoms. The Bertz CT molecular complexity index is 6490. The van der Waals surface area contributed by atoms with Crippen molar-refractivity contribution in [1.29, 1.82) is 0 Å². The van der Waals surface area contributed by atoms with Gasteiger partial charge in [-0.1, -0.05) is 232 Å². The summed E-state index contributed by atoms with van der Waals surface area (Å²) in [7, 11) is 0. The number of anilines is 1. The molecule has 0 N–H and O–H groups in total. The van der Waals surface area contributed by atoms with Crippen LogP contribution in [0, 0.1) is 27.7 Å². The number of aromatic nitrogens is 3. The Balaban J connectivity index is 0.847. The highest BCUT2D eigenvalue weighted by Gasteiger charge is 2.42. The lowest BCUT2D eigenvalue weighted by Gasteiger charge is -2.35. The molecule has 0 fully saturated rings. The van der Waals surface area contributed by atoms with Gasteiger partial charge in [-0.15, -0.1) is 0 Å². The van der Waals surface area contributed by atoms with Crippen molar-refractivity contribution in [3.63, 3.8) is 0 Å². The van der Waals surface area contributed by atoms with Gasteiger partial charge in [0.05, 0.1) is 22.1 Å².